The number of hydrogen-bond acceptors (Lipinski definition) is 8. The maximum Gasteiger partial charge on any atom is 0.356 e. The van der Waals surface area contributed by atoms with Gasteiger partial charge in [0.25, 0.3) is 0 Å². The number of ether oxygens (including phenoxy) is 2. The number of hydrogen-bond donors (Lipinski definition) is 1. The second-order valence-corrected chi connectivity index (χ2v) is 8.38. The average molecular weight is 521 g/mol. The molecule has 0 aromatic carbocycles. The van der Waals surface area contributed by atoms with Crippen molar-refractivity contribution >= 4 is 33.7 Å². The molecule has 0 spiro atoms. The summed E-state index contributed by atoms with van der Waals surface area (Å²) in [6, 6.07) is 10.5. The lowest BCUT2D eigenvalue weighted by Crippen LogP contribution is -2.30. The maximum atomic E-state index is 11.3. The number of halogens is 1. The number of aromatic nitrogens is 2. The minimum atomic E-state index is -0.425. The van der Waals surface area contributed by atoms with Crippen LogP contribution >= 0.6 is 15.9 Å². The Hall–Kier alpha value is -2.52. The fourth-order valence-electron chi connectivity index (χ4n) is 3.37. The van der Waals surface area contributed by atoms with E-state index in [0.717, 1.165) is 18.9 Å². The van der Waals surface area contributed by atoms with Gasteiger partial charge in [-0.2, -0.15) is 0 Å². The number of esters is 2. The standard InChI is InChI=1S/C12H16N2O2.C7H6BrNO2.C5H11N/c1-16-12(15)10-6-5-7-11(13-10)14-8-3-2-4-9-14;1-11-7(10)5-3-2-4-6(8)9-5;1-2-4-6-5-3-1/h5-7H,2-4,8-9H2,1H3;2-4H,1H3;6H,1-5H2. The fourth-order valence-corrected chi connectivity index (χ4v) is 3.71. The van der Waals surface area contributed by atoms with Crippen LogP contribution in [0.3, 0.4) is 0 Å². The zero-order valence-electron chi connectivity index (χ0n) is 19.4. The number of methoxy groups -OCH3 is 2. The zero-order chi connectivity index (χ0) is 23.9. The molecule has 2 aromatic heterocycles. The van der Waals surface area contributed by atoms with E-state index in [4.69, 9.17) is 0 Å². The molecule has 0 radical (unpaired) electrons. The molecule has 33 heavy (non-hydrogen) atoms. The van der Waals surface area contributed by atoms with E-state index in [0.29, 0.717) is 16.0 Å². The Labute approximate surface area is 204 Å². The van der Waals surface area contributed by atoms with Gasteiger partial charge in [-0.3, -0.25) is 0 Å². The van der Waals surface area contributed by atoms with E-state index in [1.54, 1.807) is 24.3 Å². The summed E-state index contributed by atoms with van der Waals surface area (Å²) >= 11 is 3.14. The Balaban J connectivity index is 0.000000195. The van der Waals surface area contributed by atoms with Crippen molar-refractivity contribution in [2.75, 3.05) is 45.3 Å². The van der Waals surface area contributed by atoms with Gasteiger partial charge < -0.3 is 19.7 Å². The molecule has 2 aliphatic rings. The summed E-state index contributed by atoms with van der Waals surface area (Å²) < 4.78 is 9.75. The zero-order valence-corrected chi connectivity index (χ0v) is 21.0. The van der Waals surface area contributed by atoms with Crippen LogP contribution in [0.1, 0.15) is 59.5 Å². The molecule has 2 aliphatic heterocycles. The molecule has 0 unspecified atom stereocenters. The first-order valence-corrected chi connectivity index (χ1v) is 12.1. The lowest BCUT2D eigenvalue weighted by atomic mass is 10.1. The van der Waals surface area contributed by atoms with Gasteiger partial charge in [0, 0.05) is 13.1 Å². The highest BCUT2D eigenvalue weighted by Crippen LogP contribution is 2.17. The lowest BCUT2D eigenvalue weighted by Gasteiger charge is -2.27. The van der Waals surface area contributed by atoms with Crippen LogP contribution in [0.2, 0.25) is 0 Å². The molecule has 0 saturated carbocycles. The van der Waals surface area contributed by atoms with E-state index in [1.807, 2.05) is 12.1 Å². The minimum Gasteiger partial charge on any atom is -0.464 e. The third kappa shape index (κ3) is 9.88. The van der Waals surface area contributed by atoms with Crippen molar-refractivity contribution < 1.29 is 19.1 Å². The van der Waals surface area contributed by atoms with Crippen LogP contribution in [0.4, 0.5) is 5.82 Å². The fraction of sp³-hybridized carbons (Fsp3) is 0.500. The Morgan fingerprint density at radius 2 is 1.36 bits per heavy atom. The predicted octanol–water partition coefficient (Wildman–Crippen LogP) is 4.25. The summed E-state index contributed by atoms with van der Waals surface area (Å²) in [5.74, 6) is 0.0766. The number of anilines is 1. The number of nitrogens with one attached hydrogen (secondary N) is 1. The SMILES string of the molecule is C1CCNCC1.COC(=O)c1cccc(Br)n1.COC(=O)c1cccc(N2CCCCC2)n1. The number of rotatable bonds is 3. The van der Waals surface area contributed by atoms with Gasteiger partial charge in [0.05, 0.1) is 14.2 Å². The van der Waals surface area contributed by atoms with Gasteiger partial charge in [0.15, 0.2) is 5.69 Å². The largest absolute Gasteiger partial charge is 0.464 e. The van der Waals surface area contributed by atoms with Crippen LogP contribution in [0.25, 0.3) is 0 Å². The van der Waals surface area contributed by atoms with Gasteiger partial charge in [-0.05, 0) is 85.4 Å². The van der Waals surface area contributed by atoms with Gasteiger partial charge in [-0.15, -0.1) is 0 Å². The second kappa shape index (κ2) is 15.3. The molecule has 8 nitrogen and oxygen atoms in total. The molecule has 0 amide bonds. The highest BCUT2D eigenvalue weighted by Gasteiger charge is 2.14. The number of carbonyl (C=O) groups is 2. The van der Waals surface area contributed by atoms with Crippen molar-refractivity contribution in [3.63, 3.8) is 0 Å². The van der Waals surface area contributed by atoms with E-state index >= 15 is 0 Å². The van der Waals surface area contributed by atoms with Crippen molar-refractivity contribution in [1.82, 2.24) is 15.3 Å². The van der Waals surface area contributed by atoms with Crippen molar-refractivity contribution in [2.45, 2.75) is 38.5 Å². The lowest BCUT2D eigenvalue weighted by molar-refractivity contribution is 0.0585. The highest BCUT2D eigenvalue weighted by molar-refractivity contribution is 9.10. The Morgan fingerprint density at radius 3 is 1.85 bits per heavy atom. The molecular formula is C24H33BrN4O4. The summed E-state index contributed by atoms with van der Waals surface area (Å²) in [5, 5.41) is 3.28. The van der Waals surface area contributed by atoms with Crippen molar-refractivity contribution in [3.05, 3.63) is 52.4 Å². The molecule has 0 atom stereocenters. The third-order valence-corrected chi connectivity index (χ3v) is 5.57. The monoisotopic (exact) mass is 520 g/mol. The van der Waals surface area contributed by atoms with E-state index in [-0.39, 0.29) is 5.97 Å². The predicted molar refractivity (Wildman–Crippen MR) is 132 cm³/mol. The van der Waals surface area contributed by atoms with Crippen LogP contribution in [0, 0.1) is 0 Å². The number of piperidine rings is 2. The van der Waals surface area contributed by atoms with Crippen molar-refractivity contribution in [1.29, 1.82) is 0 Å². The summed E-state index contributed by atoms with van der Waals surface area (Å²) in [7, 11) is 2.70. The number of nitrogens with zero attached hydrogens (tertiary/aromatic N) is 3. The normalized spacial score (nSPS) is 15.2. The van der Waals surface area contributed by atoms with Crippen molar-refractivity contribution in [3.8, 4) is 0 Å². The molecule has 9 heteroatoms. The average Bonchev–Trinajstić information content (AvgIpc) is 2.90. The first kappa shape index (κ1) is 26.7. The smallest absolute Gasteiger partial charge is 0.356 e. The second-order valence-electron chi connectivity index (χ2n) is 7.57. The topological polar surface area (TPSA) is 93.7 Å². The maximum absolute atomic E-state index is 11.3. The Bertz CT molecular complexity index is 860. The summed E-state index contributed by atoms with van der Waals surface area (Å²) in [6.07, 6.45) is 7.90. The summed E-state index contributed by atoms with van der Waals surface area (Å²) in [5.41, 5.74) is 0.687. The van der Waals surface area contributed by atoms with Crippen molar-refractivity contribution in [2.24, 2.45) is 0 Å². The van der Waals surface area contributed by atoms with Gasteiger partial charge >= 0.3 is 11.9 Å². The van der Waals surface area contributed by atoms with Crippen LogP contribution in [0.5, 0.6) is 0 Å². The molecule has 0 aliphatic carbocycles. The van der Waals surface area contributed by atoms with Crippen LogP contribution in [-0.2, 0) is 9.47 Å². The highest BCUT2D eigenvalue weighted by atomic mass is 79.9. The quantitative estimate of drug-likeness (QED) is 0.474. The molecule has 0 bridgehead atoms. The Kier molecular flexibility index (Phi) is 12.4. The van der Waals surface area contributed by atoms with E-state index in [9.17, 15) is 9.59 Å². The molecule has 1 N–H and O–H groups in total. The molecule has 4 rings (SSSR count). The number of pyridine rings is 2. The van der Waals surface area contributed by atoms with Gasteiger partial charge in [-0.25, -0.2) is 19.6 Å². The molecule has 4 heterocycles. The summed E-state index contributed by atoms with van der Waals surface area (Å²) in [4.78, 5) is 32.6. The van der Waals surface area contributed by atoms with E-state index in [1.165, 1.54) is 65.8 Å². The first-order valence-electron chi connectivity index (χ1n) is 11.3. The number of carbonyl (C=O) groups excluding carboxylic acids is 2. The Morgan fingerprint density at radius 1 is 0.818 bits per heavy atom. The molecular weight excluding hydrogens is 488 g/mol. The van der Waals surface area contributed by atoms with Gasteiger partial charge in [-0.1, -0.05) is 18.6 Å². The minimum absolute atomic E-state index is 0.307. The molecule has 2 aromatic rings. The summed E-state index contributed by atoms with van der Waals surface area (Å²) in [6.45, 7) is 4.55. The van der Waals surface area contributed by atoms with Crippen LogP contribution < -0.4 is 10.2 Å². The molecule has 2 fully saturated rings. The van der Waals surface area contributed by atoms with E-state index < -0.39 is 5.97 Å². The van der Waals surface area contributed by atoms with Gasteiger partial charge in [0.2, 0.25) is 0 Å². The molecule has 180 valence electrons. The third-order valence-electron chi connectivity index (χ3n) is 5.13. The van der Waals surface area contributed by atoms with Crippen LogP contribution in [0.15, 0.2) is 41.0 Å². The van der Waals surface area contributed by atoms with Gasteiger partial charge in [0.1, 0.15) is 16.1 Å². The molecule has 2 saturated heterocycles. The first-order chi connectivity index (χ1) is 16.0. The van der Waals surface area contributed by atoms with Crippen LogP contribution in [-0.4, -0.2) is 62.3 Å². The van der Waals surface area contributed by atoms with E-state index in [2.05, 4.69) is 45.6 Å².